The number of carbonyl (C=O) groups is 1. The summed E-state index contributed by atoms with van der Waals surface area (Å²) in [5.74, 6) is 0.890. The molecule has 0 aliphatic carbocycles. The monoisotopic (exact) mass is 247 g/mol. The lowest BCUT2D eigenvalue weighted by Gasteiger charge is -2.26. The van der Waals surface area contributed by atoms with Crippen LogP contribution >= 0.6 is 0 Å². The average molecular weight is 247 g/mol. The van der Waals surface area contributed by atoms with Crippen molar-refractivity contribution in [3.63, 3.8) is 0 Å². The predicted molar refractivity (Wildman–Crippen MR) is 72.0 cm³/mol. The average Bonchev–Trinajstić information content (AvgIpc) is 2.42. The van der Waals surface area contributed by atoms with Crippen LogP contribution in [0.2, 0.25) is 0 Å². The number of piperidine rings is 1. The van der Waals surface area contributed by atoms with Crippen LogP contribution in [0.15, 0.2) is 24.3 Å². The van der Waals surface area contributed by atoms with Gasteiger partial charge in [0.2, 0.25) is 0 Å². The maximum atomic E-state index is 10.4. The molecule has 1 aromatic rings. The Labute approximate surface area is 109 Å². The van der Waals surface area contributed by atoms with E-state index >= 15 is 0 Å². The fourth-order valence-corrected chi connectivity index (χ4v) is 2.29. The first-order valence-electron chi connectivity index (χ1n) is 6.76. The van der Waals surface area contributed by atoms with Gasteiger partial charge < -0.3 is 9.53 Å². The van der Waals surface area contributed by atoms with Gasteiger partial charge in [-0.15, -0.1) is 0 Å². The number of hydrogen-bond donors (Lipinski definition) is 0. The molecule has 0 radical (unpaired) electrons. The standard InChI is InChI=1S/C15H21NO2/c17-12-8-14-4-6-15(7-5-14)18-13-11-16-9-2-1-3-10-16/h4-7,12H,1-3,8-11,13H2. The number of likely N-dealkylation sites (tertiary alicyclic amines) is 1. The van der Waals surface area contributed by atoms with E-state index in [1.165, 1.54) is 32.4 Å². The minimum Gasteiger partial charge on any atom is -0.492 e. The molecule has 0 saturated carbocycles. The predicted octanol–water partition coefficient (Wildman–Crippen LogP) is 2.29. The molecule has 2 rings (SSSR count). The van der Waals surface area contributed by atoms with Gasteiger partial charge in [-0.1, -0.05) is 18.6 Å². The van der Waals surface area contributed by atoms with Gasteiger partial charge in [0.05, 0.1) is 0 Å². The number of hydrogen-bond acceptors (Lipinski definition) is 3. The molecule has 3 heteroatoms. The molecule has 0 atom stereocenters. The van der Waals surface area contributed by atoms with Crippen LogP contribution in [0.1, 0.15) is 24.8 Å². The number of benzene rings is 1. The zero-order valence-corrected chi connectivity index (χ0v) is 10.8. The molecule has 0 spiro atoms. The third-order valence-electron chi connectivity index (χ3n) is 3.37. The molecule has 98 valence electrons. The van der Waals surface area contributed by atoms with Gasteiger partial charge in [-0.25, -0.2) is 0 Å². The van der Waals surface area contributed by atoms with E-state index in [1.54, 1.807) is 0 Å². The summed E-state index contributed by atoms with van der Waals surface area (Å²) in [5.41, 5.74) is 1.04. The van der Waals surface area contributed by atoms with Crippen molar-refractivity contribution in [1.82, 2.24) is 4.90 Å². The highest BCUT2D eigenvalue weighted by Crippen LogP contribution is 2.13. The molecule has 1 aliphatic rings. The fourth-order valence-electron chi connectivity index (χ4n) is 2.29. The summed E-state index contributed by atoms with van der Waals surface area (Å²) < 4.78 is 5.71. The van der Waals surface area contributed by atoms with Crippen molar-refractivity contribution >= 4 is 6.29 Å². The van der Waals surface area contributed by atoms with Crippen molar-refractivity contribution in [2.24, 2.45) is 0 Å². The number of aldehydes is 1. The third-order valence-corrected chi connectivity index (χ3v) is 3.37. The van der Waals surface area contributed by atoms with Crippen LogP contribution in [-0.4, -0.2) is 37.4 Å². The van der Waals surface area contributed by atoms with Gasteiger partial charge in [0, 0.05) is 13.0 Å². The summed E-state index contributed by atoms with van der Waals surface area (Å²) in [6, 6.07) is 7.78. The first-order chi connectivity index (χ1) is 8.88. The number of nitrogens with zero attached hydrogens (tertiary/aromatic N) is 1. The van der Waals surface area contributed by atoms with Gasteiger partial charge in [-0.2, -0.15) is 0 Å². The lowest BCUT2D eigenvalue weighted by atomic mass is 10.1. The Morgan fingerprint density at radius 1 is 1.11 bits per heavy atom. The van der Waals surface area contributed by atoms with Gasteiger partial charge in [0.25, 0.3) is 0 Å². The van der Waals surface area contributed by atoms with Gasteiger partial charge >= 0.3 is 0 Å². The van der Waals surface area contributed by atoms with Crippen LogP contribution in [0.4, 0.5) is 0 Å². The van der Waals surface area contributed by atoms with Crippen molar-refractivity contribution in [3.05, 3.63) is 29.8 Å². The van der Waals surface area contributed by atoms with Gasteiger partial charge in [0.15, 0.2) is 0 Å². The van der Waals surface area contributed by atoms with Gasteiger partial charge in [-0.3, -0.25) is 4.90 Å². The molecular weight excluding hydrogens is 226 g/mol. The summed E-state index contributed by atoms with van der Waals surface area (Å²) in [6.45, 7) is 4.17. The summed E-state index contributed by atoms with van der Waals surface area (Å²) in [6.07, 6.45) is 5.41. The fraction of sp³-hybridized carbons (Fsp3) is 0.533. The van der Waals surface area contributed by atoms with E-state index in [9.17, 15) is 4.79 Å². The molecule has 0 unspecified atom stereocenters. The molecule has 0 N–H and O–H groups in total. The number of ether oxygens (including phenoxy) is 1. The summed E-state index contributed by atoms with van der Waals surface area (Å²) in [5, 5.41) is 0. The molecule has 1 saturated heterocycles. The van der Waals surface area contributed by atoms with Crippen LogP contribution in [0.3, 0.4) is 0 Å². The maximum absolute atomic E-state index is 10.4. The van der Waals surface area contributed by atoms with Crippen molar-refractivity contribution < 1.29 is 9.53 Å². The Bertz CT molecular complexity index is 355. The van der Waals surface area contributed by atoms with E-state index in [2.05, 4.69) is 4.90 Å². The zero-order chi connectivity index (χ0) is 12.6. The second-order valence-electron chi connectivity index (χ2n) is 4.77. The molecule has 3 nitrogen and oxygen atoms in total. The Hall–Kier alpha value is -1.35. The largest absolute Gasteiger partial charge is 0.492 e. The first-order valence-corrected chi connectivity index (χ1v) is 6.76. The second-order valence-corrected chi connectivity index (χ2v) is 4.77. The highest BCUT2D eigenvalue weighted by molar-refractivity contribution is 5.55. The van der Waals surface area contributed by atoms with Crippen molar-refractivity contribution in [2.45, 2.75) is 25.7 Å². The minimum atomic E-state index is 0.480. The Morgan fingerprint density at radius 3 is 2.50 bits per heavy atom. The smallest absolute Gasteiger partial charge is 0.124 e. The van der Waals surface area contributed by atoms with Crippen LogP contribution in [0.5, 0.6) is 5.75 Å². The van der Waals surface area contributed by atoms with E-state index in [0.717, 1.165) is 30.8 Å². The van der Waals surface area contributed by atoms with Crippen molar-refractivity contribution in [1.29, 1.82) is 0 Å². The van der Waals surface area contributed by atoms with Gasteiger partial charge in [-0.05, 0) is 43.6 Å². The molecule has 1 fully saturated rings. The van der Waals surface area contributed by atoms with Crippen LogP contribution in [-0.2, 0) is 11.2 Å². The van der Waals surface area contributed by atoms with E-state index in [0.29, 0.717) is 6.42 Å². The quantitative estimate of drug-likeness (QED) is 0.722. The molecular formula is C15H21NO2. The third kappa shape index (κ3) is 4.15. The molecule has 0 bridgehead atoms. The molecule has 1 aliphatic heterocycles. The van der Waals surface area contributed by atoms with E-state index in [1.807, 2.05) is 24.3 Å². The van der Waals surface area contributed by atoms with E-state index in [4.69, 9.17) is 4.74 Å². The van der Waals surface area contributed by atoms with Crippen LogP contribution < -0.4 is 4.74 Å². The molecule has 1 heterocycles. The Balaban J connectivity index is 1.70. The molecule has 0 aromatic heterocycles. The maximum Gasteiger partial charge on any atom is 0.124 e. The van der Waals surface area contributed by atoms with Crippen LogP contribution in [0.25, 0.3) is 0 Å². The van der Waals surface area contributed by atoms with Gasteiger partial charge in [0.1, 0.15) is 18.6 Å². The van der Waals surface area contributed by atoms with Crippen LogP contribution in [0, 0.1) is 0 Å². The second kappa shape index (κ2) is 7.17. The zero-order valence-electron chi connectivity index (χ0n) is 10.8. The summed E-state index contributed by atoms with van der Waals surface area (Å²) >= 11 is 0. The highest BCUT2D eigenvalue weighted by Gasteiger charge is 2.09. The topological polar surface area (TPSA) is 29.5 Å². The van der Waals surface area contributed by atoms with E-state index < -0.39 is 0 Å². The lowest BCUT2D eigenvalue weighted by Crippen LogP contribution is -2.33. The Kier molecular flexibility index (Phi) is 5.21. The normalized spacial score (nSPS) is 16.4. The van der Waals surface area contributed by atoms with E-state index in [-0.39, 0.29) is 0 Å². The number of rotatable bonds is 6. The summed E-state index contributed by atoms with van der Waals surface area (Å²) in [7, 11) is 0. The lowest BCUT2D eigenvalue weighted by molar-refractivity contribution is -0.107. The molecule has 1 aromatic carbocycles. The SMILES string of the molecule is O=CCc1ccc(OCCN2CCCCC2)cc1. The number of carbonyl (C=O) groups excluding carboxylic acids is 1. The highest BCUT2D eigenvalue weighted by atomic mass is 16.5. The summed E-state index contributed by atoms with van der Waals surface area (Å²) in [4.78, 5) is 12.8. The Morgan fingerprint density at radius 2 is 1.83 bits per heavy atom. The first kappa shape index (κ1) is 13.1. The molecule has 18 heavy (non-hydrogen) atoms. The molecule has 0 amide bonds. The van der Waals surface area contributed by atoms with Crippen molar-refractivity contribution in [3.8, 4) is 5.75 Å². The van der Waals surface area contributed by atoms with Crippen molar-refractivity contribution in [2.75, 3.05) is 26.2 Å². The minimum absolute atomic E-state index is 0.480.